The fourth-order valence-electron chi connectivity index (χ4n) is 2.40. The topological polar surface area (TPSA) is 55.1 Å². The molecule has 0 fully saturated rings. The molecule has 0 aromatic heterocycles. The van der Waals surface area contributed by atoms with E-state index in [0.717, 1.165) is 31.4 Å². The Morgan fingerprint density at radius 3 is 2.61 bits per heavy atom. The van der Waals surface area contributed by atoms with Crippen molar-refractivity contribution in [1.29, 1.82) is 0 Å². The molecule has 0 aliphatic carbocycles. The van der Waals surface area contributed by atoms with Crippen molar-refractivity contribution in [1.82, 2.24) is 5.32 Å². The van der Waals surface area contributed by atoms with Gasteiger partial charge in [-0.25, -0.2) is 0 Å². The number of carbonyl (C=O) groups is 1. The predicted molar refractivity (Wildman–Crippen MR) is 85.0 cm³/mol. The van der Waals surface area contributed by atoms with Crippen molar-refractivity contribution in [2.45, 2.75) is 57.7 Å². The van der Waals surface area contributed by atoms with E-state index in [1.165, 1.54) is 6.07 Å². The number of nitrogens with two attached hydrogens (primary N) is 1. The van der Waals surface area contributed by atoms with E-state index < -0.39 is 11.7 Å². The maximum absolute atomic E-state index is 12.7. The van der Waals surface area contributed by atoms with Gasteiger partial charge in [-0.15, -0.1) is 0 Å². The molecule has 23 heavy (non-hydrogen) atoms. The highest BCUT2D eigenvalue weighted by Crippen LogP contribution is 2.31. The van der Waals surface area contributed by atoms with Gasteiger partial charge < -0.3 is 11.1 Å². The number of hydrogen-bond donors (Lipinski definition) is 2. The number of alkyl halides is 3. The van der Waals surface area contributed by atoms with Gasteiger partial charge in [0.15, 0.2) is 0 Å². The van der Waals surface area contributed by atoms with Crippen LogP contribution in [0.25, 0.3) is 0 Å². The SMILES string of the molecule is CCCCC(CN)NC(=O)CC(C)c1cccc(C(F)(F)F)c1. The van der Waals surface area contributed by atoms with E-state index in [4.69, 9.17) is 5.73 Å². The molecule has 0 aliphatic rings. The molecular formula is C17H25F3N2O. The first-order valence-corrected chi connectivity index (χ1v) is 7.94. The lowest BCUT2D eigenvalue weighted by Crippen LogP contribution is -2.40. The van der Waals surface area contributed by atoms with E-state index in [-0.39, 0.29) is 24.3 Å². The molecule has 0 radical (unpaired) electrons. The summed E-state index contributed by atoms with van der Waals surface area (Å²) >= 11 is 0. The Bertz CT molecular complexity index is 503. The zero-order valence-corrected chi connectivity index (χ0v) is 13.6. The molecule has 1 amide bonds. The lowest BCUT2D eigenvalue weighted by molar-refractivity contribution is -0.137. The average molecular weight is 330 g/mol. The average Bonchev–Trinajstić information content (AvgIpc) is 2.50. The third-order valence-electron chi connectivity index (χ3n) is 3.83. The van der Waals surface area contributed by atoms with E-state index in [2.05, 4.69) is 12.2 Å². The Hall–Kier alpha value is -1.56. The monoisotopic (exact) mass is 330 g/mol. The van der Waals surface area contributed by atoms with Crippen molar-refractivity contribution in [3.8, 4) is 0 Å². The van der Waals surface area contributed by atoms with E-state index in [0.29, 0.717) is 12.1 Å². The molecule has 0 spiro atoms. The Morgan fingerprint density at radius 1 is 1.35 bits per heavy atom. The smallest absolute Gasteiger partial charge is 0.352 e. The van der Waals surface area contributed by atoms with Crippen molar-refractivity contribution in [2.75, 3.05) is 6.54 Å². The summed E-state index contributed by atoms with van der Waals surface area (Å²) in [6.45, 7) is 4.17. The van der Waals surface area contributed by atoms with Crippen molar-refractivity contribution in [2.24, 2.45) is 5.73 Å². The normalized spacial score (nSPS) is 14.3. The number of nitrogens with one attached hydrogen (secondary N) is 1. The summed E-state index contributed by atoms with van der Waals surface area (Å²) in [5.74, 6) is -0.469. The third-order valence-corrected chi connectivity index (χ3v) is 3.83. The van der Waals surface area contributed by atoms with E-state index in [1.807, 2.05) is 0 Å². The summed E-state index contributed by atoms with van der Waals surface area (Å²) in [5, 5.41) is 2.86. The highest BCUT2D eigenvalue weighted by Gasteiger charge is 2.30. The van der Waals surface area contributed by atoms with Crippen molar-refractivity contribution in [3.63, 3.8) is 0 Å². The molecule has 2 unspecified atom stereocenters. The second-order valence-electron chi connectivity index (χ2n) is 5.87. The highest BCUT2D eigenvalue weighted by molar-refractivity contribution is 5.77. The van der Waals surface area contributed by atoms with Gasteiger partial charge in [-0.05, 0) is 24.0 Å². The van der Waals surface area contributed by atoms with Crippen LogP contribution < -0.4 is 11.1 Å². The number of hydrogen-bond acceptors (Lipinski definition) is 2. The fraction of sp³-hybridized carbons (Fsp3) is 0.588. The number of unbranched alkanes of at least 4 members (excludes halogenated alkanes) is 1. The van der Waals surface area contributed by atoms with Gasteiger partial charge >= 0.3 is 6.18 Å². The molecular weight excluding hydrogens is 305 g/mol. The zero-order chi connectivity index (χ0) is 17.5. The molecule has 1 aromatic carbocycles. The van der Waals surface area contributed by atoms with Crippen LogP contribution >= 0.6 is 0 Å². The summed E-state index contributed by atoms with van der Waals surface area (Å²) in [4.78, 5) is 12.1. The summed E-state index contributed by atoms with van der Waals surface area (Å²) in [7, 11) is 0. The minimum atomic E-state index is -4.37. The number of carbonyl (C=O) groups excluding carboxylic acids is 1. The van der Waals surface area contributed by atoms with Gasteiger partial charge in [-0.1, -0.05) is 44.9 Å². The summed E-state index contributed by atoms with van der Waals surface area (Å²) in [6, 6.07) is 5.05. The second kappa shape index (κ2) is 8.91. The van der Waals surface area contributed by atoms with Gasteiger partial charge in [0, 0.05) is 19.0 Å². The first kappa shape index (κ1) is 19.5. The lowest BCUT2D eigenvalue weighted by Gasteiger charge is -2.19. The van der Waals surface area contributed by atoms with Gasteiger partial charge in [-0.3, -0.25) is 4.79 Å². The molecule has 130 valence electrons. The molecule has 1 rings (SSSR count). The van der Waals surface area contributed by atoms with Crippen molar-refractivity contribution in [3.05, 3.63) is 35.4 Å². The molecule has 0 saturated carbocycles. The second-order valence-corrected chi connectivity index (χ2v) is 5.87. The van der Waals surface area contributed by atoms with Crippen LogP contribution in [-0.4, -0.2) is 18.5 Å². The van der Waals surface area contributed by atoms with E-state index >= 15 is 0 Å². The van der Waals surface area contributed by atoms with Crippen LogP contribution in [0.4, 0.5) is 13.2 Å². The van der Waals surface area contributed by atoms with E-state index in [9.17, 15) is 18.0 Å². The number of benzene rings is 1. The molecule has 3 nitrogen and oxygen atoms in total. The fourth-order valence-corrected chi connectivity index (χ4v) is 2.40. The Balaban J connectivity index is 2.64. The third kappa shape index (κ3) is 6.60. The van der Waals surface area contributed by atoms with Crippen LogP contribution in [0.15, 0.2) is 24.3 Å². The van der Waals surface area contributed by atoms with Crippen molar-refractivity contribution >= 4 is 5.91 Å². The standard InChI is InChI=1S/C17H25F3N2O/c1-3-4-8-15(11-21)22-16(23)9-12(2)13-6-5-7-14(10-13)17(18,19)20/h5-7,10,12,15H,3-4,8-9,11,21H2,1-2H3,(H,22,23). The predicted octanol–water partition coefficient (Wildman–Crippen LogP) is 3.83. The Morgan fingerprint density at radius 2 is 2.04 bits per heavy atom. The summed E-state index contributed by atoms with van der Waals surface area (Å²) in [5.41, 5.74) is 5.45. The van der Waals surface area contributed by atoms with Crippen LogP contribution in [0.3, 0.4) is 0 Å². The zero-order valence-electron chi connectivity index (χ0n) is 13.6. The first-order chi connectivity index (χ1) is 10.8. The minimum absolute atomic E-state index is 0.0730. The van der Waals surface area contributed by atoms with Crippen LogP contribution in [0, 0.1) is 0 Å². The molecule has 1 aromatic rings. The van der Waals surface area contributed by atoms with Crippen LogP contribution in [-0.2, 0) is 11.0 Å². The number of rotatable bonds is 8. The molecule has 0 saturated heterocycles. The molecule has 6 heteroatoms. The number of halogens is 3. The highest BCUT2D eigenvalue weighted by atomic mass is 19.4. The number of amides is 1. The molecule has 0 heterocycles. The van der Waals surface area contributed by atoms with Crippen molar-refractivity contribution < 1.29 is 18.0 Å². The maximum Gasteiger partial charge on any atom is 0.416 e. The summed E-state index contributed by atoms with van der Waals surface area (Å²) < 4.78 is 38.2. The Kier molecular flexibility index (Phi) is 7.55. The quantitative estimate of drug-likeness (QED) is 0.761. The largest absolute Gasteiger partial charge is 0.416 e. The minimum Gasteiger partial charge on any atom is -0.352 e. The van der Waals surface area contributed by atoms with Gasteiger partial charge in [0.25, 0.3) is 0 Å². The molecule has 0 aliphatic heterocycles. The van der Waals surface area contributed by atoms with Crippen LogP contribution in [0.5, 0.6) is 0 Å². The van der Waals surface area contributed by atoms with E-state index in [1.54, 1.807) is 13.0 Å². The molecule has 2 atom stereocenters. The van der Waals surface area contributed by atoms with Gasteiger partial charge in [0.05, 0.1) is 5.56 Å². The maximum atomic E-state index is 12.7. The van der Waals surface area contributed by atoms with Crippen LogP contribution in [0.1, 0.15) is 56.6 Å². The first-order valence-electron chi connectivity index (χ1n) is 7.94. The van der Waals surface area contributed by atoms with Crippen LogP contribution in [0.2, 0.25) is 0 Å². The van der Waals surface area contributed by atoms with Gasteiger partial charge in [0.2, 0.25) is 5.91 Å². The molecule has 3 N–H and O–H groups in total. The van der Waals surface area contributed by atoms with Gasteiger partial charge in [-0.2, -0.15) is 13.2 Å². The Labute approximate surface area is 135 Å². The lowest BCUT2D eigenvalue weighted by atomic mass is 9.95. The summed E-state index contributed by atoms with van der Waals surface area (Å²) in [6.07, 6.45) is -1.41. The van der Waals surface area contributed by atoms with Gasteiger partial charge in [0.1, 0.15) is 0 Å². The molecule has 0 bridgehead atoms.